The van der Waals surface area contributed by atoms with Crippen LogP contribution < -0.4 is 0 Å². The predicted molar refractivity (Wildman–Crippen MR) is 64.4 cm³/mol. The highest BCUT2D eigenvalue weighted by atomic mass is 35.5. The molecule has 0 N–H and O–H groups in total. The average molecular weight is 234 g/mol. The predicted octanol–water partition coefficient (Wildman–Crippen LogP) is 3.06. The smallest absolute Gasteiger partial charge is 0.179 e. The van der Waals surface area contributed by atoms with Crippen molar-refractivity contribution in [3.63, 3.8) is 0 Å². The van der Waals surface area contributed by atoms with E-state index in [1.54, 1.807) is 12.3 Å². The lowest BCUT2D eigenvalue weighted by Gasteiger charge is -2.03. The van der Waals surface area contributed by atoms with Gasteiger partial charge in [-0.25, -0.2) is 9.97 Å². The summed E-state index contributed by atoms with van der Waals surface area (Å²) < 4.78 is 0. The summed E-state index contributed by atoms with van der Waals surface area (Å²) in [6, 6.07) is 5.67. The van der Waals surface area contributed by atoms with Crippen LogP contribution in [0.5, 0.6) is 0 Å². The molecule has 0 bridgehead atoms. The number of pyridine rings is 1. The molecule has 2 aromatic heterocycles. The van der Waals surface area contributed by atoms with E-state index in [-0.39, 0.29) is 0 Å². The molecule has 2 heterocycles. The number of aryl methyl sites for hydroxylation is 2. The topological polar surface area (TPSA) is 38.7 Å². The van der Waals surface area contributed by atoms with Crippen LogP contribution in [0.4, 0.5) is 0 Å². The number of halogens is 1. The first-order valence-electron chi connectivity index (χ1n) is 5.15. The third kappa shape index (κ3) is 2.36. The molecule has 4 heteroatoms. The van der Waals surface area contributed by atoms with E-state index in [2.05, 4.69) is 15.0 Å². The second kappa shape index (κ2) is 4.58. The van der Waals surface area contributed by atoms with Crippen LogP contribution in [-0.4, -0.2) is 15.0 Å². The van der Waals surface area contributed by atoms with Gasteiger partial charge in [0.25, 0.3) is 0 Å². The Labute approximate surface area is 99.5 Å². The zero-order valence-corrected chi connectivity index (χ0v) is 9.99. The van der Waals surface area contributed by atoms with Crippen LogP contribution in [0.25, 0.3) is 11.5 Å². The fourth-order valence-electron chi connectivity index (χ4n) is 1.42. The van der Waals surface area contributed by atoms with Gasteiger partial charge < -0.3 is 0 Å². The summed E-state index contributed by atoms with van der Waals surface area (Å²) in [7, 11) is 0. The number of aromatic nitrogens is 3. The van der Waals surface area contributed by atoms with E-state index in [0.29, 0.717) is 11.0 Å². The summed E-state index contributed by atoms with van der Waals surface area (Å²) >= 11 is 5.94. The summed E-state index contributed by atoms with van der Waals surface area (Å²) in [5, 5.41) is 0.463. The largest absolute Gasteiger partial charge is 0.253 e. The molecule has 0 atom stereocenters. The first-order valence-corrected chi connectivity index (χ1v) is 5.53. The van der Waals surface area contributed by atoms with Gasteiger partial charge in [0.1, 0.15) is 10.8 Å². The summed E-state index contributed by atoms with van der Waals surface area (Å²) in [6.07, 6.45) is 2.58. The quantitative estimate of drug-likeness (QED) is 0.749. The van der Waals surface area contributed by atoms with Crippen LogP contribution in [0.15, 0.2) is 24.4 Å². The third-order valence-electron chi connectivity index (χ3n) is 2.25. The Morgan fingerprint density at radius 1 is 1.25 bits per heavy atom. The molecule has 0 aliphatic rings. The normalized spacial score (nSPS) is 10.4. The molecule has 0 aliphatic carbocycles. The first-order chi connectivity index (χ1) is 7.69. The fraction of sp³-hybridized carbons (Fsp3) is 0.250. The molecule has 0 amide bonds. The lowest BCUT2D eigenvalue weighted by Crippen LogP contribution is -1.96. The summed E-state index contributed by atoms with van der Waals surface area (Å²) in [5.41, 5.74) is 2.82. The number of hydrogen-bond acceptors (Lipinski definition) is 3. The molecule has 16 heavy (non-hydrogen) atoms. The van der Waals surface area contributed by atoms with Crippen molar-refractivity contribution in [3.05, 3.63) is 40.8 Å². The SMILES string of the molecule is CCc1cc(Cl)nc(-c2cc(C)ccn2)n1. The maximum atomic E-state index is 5.94. The van der Waals surface area contributed by atoms with Gasteiger partial charge in [0.05, 0.1) is 0 Å². The van der Waals surface area contributed by atoms with Crippen LogP contribution in [0.3, 0.4) is 0 Å². The Balaban J connectivity index is 2.51. The van der Waals surface area contributed by atoms with Crippen LogP contribution in [0, 0.1) is 6.92 Å². The second-order valence-electron chi connectivity index (χ2n) is 3.58. The molecule has 0 aliphatic heterocycles. The molecule has 0 unspecified atom stereocenters. The van der Waals surface area contributed by atoms with Gasteiger partial charge in [-0.15, -0.1) is 0 Å². The molecule has 3 nitrogen and oxygen atoms in total. The monoisotopic (exact) mass is 233 g/mol. The maximum absolute atomic E-state index is 5.94. The molecule has 2 rings (SSSR count). The van der Waals surface area contributed by atoms with E-state index in [4.69, 9.17) is 11.6 Å². The minimum Gasteiger partial charge on any atom is -0.253 e. The van der Waals surface area contributed by atoms with Crippen LogP contribution in [0.2, 0.25) is 5.15 Å². The highest BCUT2D eigenvalue weighted by molar-refractivity contribution is 6.29. The summed E-state index contributed by atoms with van der Waals surface area (Å²) in [5.74, 6) is 0.591. The summed E-state index contributed by atoms with van der Waals surface area (Å²) in [4.78, 5) is 12.8. The zero-order valence-electron chi connectivity index (χ0n) is 9.24. The van der Waals surface area contributed by atoms with Crippen molar-refractivity contribution < 1.29 is 0 Å². The van der Waals surface area contributed by atoms with Gasteiger partial charge in [-0.05, 0) is 37.1 Å². The van der Waals surface area contributed by atoms with Crippen molar-refractivity contribution in [1.82, 2.24) is 15.0 Å². The van der Waals surface area contributed by atoms with Crippen LogP contribution in [0.1, 0.15) is 18.2 Å². The van der Waals surface area contributed by atoms with Crippen LogP contribution in [-0.2, 0) is 6.42 Å². The van der Waals surface area contributed by atoms with Crippen molar-refractivity contribution >= 4 is 11.6 Å². The van der Waals surface area contributed by atoms with Crippen molar-refractivity contribution in [3.8, 4) is 11.5 Å². The number of rotatable bonds is 2. The van der Waals surface area contributed by atoms with Gasteiger partial charge in [-0.1, -0.05) is 18.5 Å². The third-order valence-corrected chi connectivity index (χ3v) is 2.45. The van der Waals surface area contributed by atoms with Crippen molar-refractivity contribution in [1.29, 1.82) is 0 Å². The van der Waals surface area contributed by atoms with E-state index < -0.39 is 0 Å². The molecule has 2 aromatic rings. The molecule has 0 saturated heterocycles. The van der Waals surface area contributed by atoms with Gasteiger partial charge in [-0.2, -0.15) is 0 Å². The fourth-order valence-corrected chi connectivity index (χ4v) is 1.62. The Morgan fingerprint density at radius 2 is 2.06 bits per heavy atom. The lowest BCUT2D eigenvalue weighted by atomic mass is 10.2. The zero-order chi connectivity index (χ0) is 11.5. The summed E-state index contributed by atoms with van der Waals surface area (Å²) in [6.45, 7) is 4.04. The van der Waals surface area contributed by atoms with E-state index in [1.807, 2.05) is 26.0 Å². The molecular weight excluding hydrogens is 222 g/mol. The Morgan fingerprint density at radius 3 is 2.75 bits per heavy atom. The Bertz CT molecular complexity index is 511. The minimum atomic E-state index is 0.463. The average Bonchev–Trinajstić information content (AvgIpc) is 2.28. The molecule has 0 radical (unpaired) electrons. The van der Waals surface area contributed by atoms with Gasteiger partial charge in [0, 0.05) is 11.9 Å². The molecule has 0 saturated carbocycles. The maximum Gasteiger partial charge on any atom is 0.179 e. The first kappa shape index (κ1) is 11.0. The highest BCUT2D eigenvalue weighted by Gasteiger charge is 2.06. The van der Waals surface area contributed by atoms with Gasteiger partial charge in [0.15, 0.2) is 5.82 Å². The minimum absolute atomic E-state index is 0.463. The number of hydrogen-bond donors (Lipinski definition) is 0. The van der Waals surface area contributed by atoms with E-state index >= 15 is 0 Å². The molecular formula is C12H12ClN3. The standard InChI is InChI=1S/C12H12ClN3/c1-3-9-7-11(13)16-12(15-9)10-6-8(2)4-5-14-10/h4-7H,3H2,1-2H3. The van der Waals surface area contributed by atoms with Gasteiger partial charge in [-0.3, -0.25) is 4.98 Å². The molecule has 0 fully saturated rings. The van der Waals surface area contributed by atoms with Crippen molar-refractivity contribution in [2.24, 2.45) is 0 Å². The second-order valence-corrected chi connectivity index (χ2v) is 3.96. The lowest BCUT2D eigenvalue weighted by molar-refractivity contribution is 0.997. The van der Waals surface area contributed by atoms with Crippen molar-refractivity contribution in [2.45, 2.75) is 20.3 Å². The van der Waals surface area contributed by atoms with Gasteiger partial charge in [0.2, 0.25) is 0 Å². The molecule has 0 spiro atoms. The highest BCUT2D eigenvalue weighted by Crippen LogP contribution is 2.17. The van der Waals surface area contributed by atoms with Gasteiger partial charge >= 0.3 is 0 Å². The van der Waals surface area contributed by atoms with E-state index in [9.17, 15) is 0 Å². The Hall–Kier alpha value is -1.48. The molecule has 0 aromatic carbocycles. The van der Waals surface area contributed by atoms with Crippen LogP contribution >= 0.6 is 11.6 Å². The Kier molecular flexibility index (Phi) is 3.15. The number of nitrogens with zero attached hydrogens (tertiary/aromatic N) is 3. The van der Waals surface area contributed by atoms with E-state index in [0.717, 1.165) is 23.4 Å². The van der Waals surface area contributed by atoms with E-state index in [1.165, 1.54) is 0 Å². The molecule has 82 valence electrons. The van der Waals surface area contributed by atoms with Crippen molar-refractivity contribution in [2.75, 3.05) is 0 Å².